The maximum absolute atomic E-state index is 6.20. The minimum Gasteiger partial charge on any atom is -0.436 e. The van der Waals surface area contributed by atoms with Gasteiger partial charge in [0.1, 0.15) is 5.52 Å². The van der Waals surface area contributed by atoms with Gasteiger partial charge >= 0.3 is 0 Å². The first-order valence-corrected chi connectivity index (χ1v) is 18.3. The van der Waals surface area contributed by atoms with Gasteiger partial charge in [0.15, 0.2) is 5.58 Å². The van der Waals surface area contributed by atoms with Crippen LogP contribution >= 0.6 is 0 Å². The zero-order valence-electron chi connectivity index (χ0n) is 29.4. The largest absolute Gasteiger partial charge is 0.436 e. The van der Waals surface area contributed by atoms with E-state index in [0.717, 1.165) is 50.1 Å². The van der Waals surface area contributed by atoms with Gasteiger partial charge in [-0.15, -0.1) is 0 Å². The predicted octanol–water partition coefficient (Wildman–Crippen LogP) is 14.3. The van der Waals surface area contributed by atoms with E-state index < -0.39 is 0 Å². The van der Waals surface area contributed by atoms with Gasteiger partial charge in [0.05, 0.1) is 5.69 Å². The van der Waals surface area contributed by atoms with Crippen molar-refractivity contribution in [1.82, 2.24) is 4.98 Å². The molecular formula is C51H34N2O. The number of aromatic nitrogens is 1. The first-order chi connectivity index (χ1) is 26.8. The summed E-state index contributed by atoms with van der Waals surface area (Å²) in [5.74, 6) is 0.637. The molecule has 0 bridgehead atoms. The maximum atomic E-state index is 6.20. The van der Waals surface area contributed by atoms with E-state index in [0.29, 0.717) is 5.89 Å². The van der Waals surface area contributed by atoms with Crippen molar-refractivity contribution in [2.24, 2.45) is 0 Å². The highest BCUT2D eigenvalue weighted by molar-refractivity contribution is 6.10. The molecule has 3 heteroatoms. The smallest absolute Gasteiger partial charge is 0.227 e. The number of fused-ring (bicyclic) bond motifs is 4. The third-order valence-corrected chi connectivity index (χ3v) is 10.3. The molecule has 254 valence electrons. The van der Waals surface area contributed by atoms with Crippen LogP contribution in [0.4, 0.5) is 17.1 Å². The molecular weight excluding hydrogens is 657 g/mol. The molecule has 0 atom stereocenters. The molecule has 0 aliphatic heterocycles. The highest BCUT2D eigenvalue weighted by Crippen LogP contribution is 2.43. The molecule has 9 aromatic carbocycles. The van der Waals surface area contributed by atoms with Gasteiger partial charge in [0.2, 0.25) is 5.89 Å². The highest BCUT2D eigenvalue weighted by Gasteiger charge is 2.18. The summed E-state index contributed by atoms with van der Waals surface area (Å²) in [4.78, 5) is 7.32. The molecule has 1 heterocycles. The van der Waals surface area contributed by atoms with Crippen LogP contribution in [0.5, 0.6) is 0 Å². The minimum atomic E-state index is 0.637. The number of oxazole rings is 1. The number of nitrogens with zero attached hydrogens (tertiary/aromatic N) is 2. The molecule has 10 aromatic rings. The zero-order valence-corrected chi connectivity index (χ0v) is 29.4. The summed E-state index contributed by atoms with van der Waals surface area (Å²) in [7, 11) is 0. The lowest BCUT2D eigenvalue weighted by molar-refractivity contribution is 0.620. The van der Waals surface area contributed by atoms with Crippen LogP contribution in [0.1, 0.15) is 0 Å². The number of hydrogen-bond donors (Lipinski definition) is 0. The normalized spacial score (nSPS) is 11.3. The van der Waals surface area contributed by atoms with Crippen molar-refractivity contribution < 1.29 is 4.42 Å². The average molecular weight is 691 g/mol. The maximum Gasteiger partial charge on any atom is 0.227 e. The molecule has 10 rings (SSSR count). The Morgan fingerprint density at radius 3 is 1.74 bits per heavy atom. The van der Waals surface area contributed by atoms with E-state index in [2.05, 4.69) is 175 Å². The summed E-state index contributed by atoms with van der Waals surface area (Å²) >= 11 is 0. The Hall–Kier alpha value is -7.23. The Kier molecular flexibility index (Phi) is 7.81. The fourth-order valence-electron chi connectivity index (χ4n) is 7.64. The predicted molar refractivity (Wildman–Crippen MR) is 225 cm³/mol. The van der Waals surface area contributed by atoms with Gasteiger partial charge in [-0.2, -0.15) is 0 Å². The lowest BCUT2D eigenvalue weighted by atomic mass is 9.95. The molecule has 3 nitrogen and oxygen atoms in total. The fourth-order valence-corrected chi connectivity index (χ4v) is 7.64. The number of benzene rings is 9. The Morgan fingerprint density at radius 1 is 0.370 bits per heavy atom. The minimum absolute atomic E-state index is 0.637. The van der Waals surface area contributed by atoms with Crippen LogP contribution in [0, 0.1) is 0 Å². The molecule has 0 radical (unpaired) electrons. The van der Waals surface area contributed by atoms with Crippen LogP contribution in [-0.2, 0) is 0 Å². The van der Waals surface area contributed by atoms with Crippen molar-refractivity contribution in [2.45, 2.75) is 0 Å². The second-order valence-corrected chi connectivity index (χ2v) is 13.6. The van der Waals surface area contributed by atoms with E-state index >= 15 is 0 Å². The van der Waals surface area contributed by atoms with Crippen molar-refractivity contribution in [1.29, 1.82) is 0 Å². The van der Waals surface area contributed by atoms with E-state index in [1.807, 2.05) is 36.4 Å². The van der Waals surface area contributed by atoms with Gasteiger partial charge in [0.25, 0.3) is 0 Å². The van der Waals surface area contributed by atoms with E-state index in [1.54, 1.807) is 0 Å². The summed E-state index contributed by atoms with van der Waals surface area (Å²) < 4.78 is 6.20. The molecule has 54 heavy (non-hydrogen) atoms. The molecule has 0 unspecified atom stereocenters. The summed E-state index contributed by atoms with van der Waals surface area (Å²) in [6.45, 7) is 0. The van der Waals surface area contributed by atoms with E-state index in [4.69, 9.17) is 9.40 Å². The van der Waals surface area contributed by atoms with Crippen molar-refractivity contribution in [3.05, 3.63) is 206 Å². The van der Waals surface area contributed by atoms with E-state index in [-0.39, 0.29) is 0 Å². The molecule has 1 aromatic heterocycles. The number of para-hydroxylation sites is 1. The van der Waals surface area contributed by atoms with Gasteiger partial charge < -0.3 is 9.32 Å². The van der Waals surface area contributed by atoms with Crippen LogP contribution < -0.4 is 4.90 Å². The average Bonchev–Trinajstić information content (AvgIpc) is 3.70. The molecule has 0 aliphatic rings. The summed E-state index contributed by atoms with van der Waals surface area (Å²) in [5, 5.41) is 4.58. The SMILES string of the molecule is c1ccc(-c2ccc(N(c3ccc4cc(-c5cccc6c5ccc5oc(-c7ccccc7)nc56)ccc4c3)c3ccccc3-c3ccccc3)cc2)cc1. The van der Waals surface area contributed by atoms with Crippen LogP contribution in [0.3, 0.4) is 0 Å². The molecule has 0 spiro atoms. The number of hydrogen-bond acceptors (Lipinski definition) is 3. The van der Waals surface area contributed by atoms with Crippen LogP contribution in [-0.4, -0.2) is 4.98 Å². The van der Waals surface area contributed by atoms with Crippen molar-refractivity contribution in [3.63, 3.8) is 0 Å². The van der Waals surface area contributed by atoms with Gasteiger partial charge in [-0.05, 0) is 105 Å². The third-order valence-electron chi connectivity index (χ3n) is 10.3. The van der Waals surface area contributed by atoms with Crippen LogP contribution in [0.2, 0.25) is 0 Å². The topological polar surface area (TPSA) is 29.3 Å². The van der Waals surface area contributed by atoms with Gasteiger partial charge in [0, 0.05) is 27.9 Å². The van der Waals surface area contributed by atoms with Gasteiger partial charge in [-0.25, -0.2) is 4.98 Å². The lowest BCUT2D eigenvalue weighted by Gasteiger charge is -2.28. The van der Waals surface area contributed by atoms with E-state index in [1.165, 1.54) is 38.6 Å². The van der Waals surface area contributed by atoms with Crippen LogP contribution in [0.15, 0.2) is 211 Å². The Morgan fingerprint density at radius 2 is 0.963 bits per heavy atom. The van der Waals surface area contributed by atoms with Gasteiger partial charge in [-0.1, -0.05) is 146 Å². The summed E-state index contributed by atoms with van der Waals surface area (Å²) in [5.41, 5.74) is 13.0. The van der Waals surface area contributed by atoms with Crippen molar-refractivity contribution >= 4 is 49.7 Å². The Labute approximate surface area is 314 Å². The second kappa shape index (κ2) is 13.4. The second-order valence-electron chi connectivity index (χ2n) is 13.6. The fraction of sp³-hybridized carbons (Fsp3) is 0. The molecule has 0 aliphatic carbocycles. The standard InChI is InChI=1S/C51H34N2O/c1-4-13-35(14-5-1)36-25-28-42(29-26-36)53(48-22-11-10-19-45(48)37-15-6-2-7-16-37)43-30-27-39-33-41(24-23-40(39)34-43)44-20-12-21-47-46(44)31-32-49-50(47)52-51(54-49)38-17-8-3-9-18-38/h1-34H. The quantitative estimate of drug-likeness (QED) is 0.167. The first kappa shape index (κ1) is 31.5. The first-order valence-electron chi connectivity index (χ1n) is 18.3. The number of anilines is 3. The Balaban J connectivity index is 1.07. The number of rotatable bonds is 7. The lowest BCUT2D eigenvalue weighted by Crippen LogP contribution is -2.11. The van der Waals surface area contributed by atoms with Crippen molar-refractivity contribution in [3.8, 4) is 44.8 Å². The van der Waals surface area contributed by atoms with Crippen molar-refractivity contribution in [2.75, 3.05) is 4.90 Å². The summed E-state index contributed by atoms with van der Waals surface area (Å²) in [6, 6.07) is 73.1. The monoisotopic (exact) mass is 690 g/mol. The Bertz CT molecular complexity index is 2920. The molecule has 0 saturated carbocycles. The van der Waals surface area contributed by atoms with Crippen LogP contribution in [0.25, 0.3) is 77.5 Å². The molecule has 0 N–H and O–H groups in total. The zero-order chi connectivity index (χ0) is 35.8. The van der Waals surface area contributed by atoms with E-state index in [9.17, 15) is 0 Å². The molecule has 0 amide bonds. The molecule has 0 fully saturated rings. The molecule has 0 saturated heterocycles. The summed E-state index contributed by atoms with van der Waals surface area (Å²) in [6.07, 6.45) is 0. The van der Waals surface area contributed by atoms with Gasteiger partial charge in [-0.3, -0.25) is 0 Å². The third kappa shape index (κ3) is 5.69. The highest BCUT2D eigenvalue weighted by atomic mass is 16.3.